The van der Waals surface area contributed by atoms with Crippen LogP contribution >= 0.6 is 11.6 Å². The van der Waals surface area contributed by atoms with Crippen molar-refractivity contribution in [2.75, 3.05) is 0 Å². The molecule has 194 valence electrons. The quantitative estimate of drug-likeness (QED) is 0.259. The topological polar surface area (TPSA) is 80.6 Å². The highest BCUT2D eigenvalue weighted by atomic mass is 35.5. The first-order valence-electron chi connectivity index (χ1n) is 12.5. The Balaban J connectivity index is 0.000000166. The van der Waals surface area contributed by atoms with Crippen molar-refractivity contribution in [3.8, 4) is 22.5 Å². The Morgan fingerprint density at radius 1 is 0.684 bits per heavy atom. The van der Waals surface area contributed by atoms with E-state index in [1.54, 1.807) is 15.2 Å². The van der Waals surface area contributed by atoms with Crippen molar-refractivity contribution in [2.24, 2.45) is 0 Å². The Morgan fingerprint density at radius 3 is 1.53 bits per heavy atom. The fourth-order valence-electron chi connectivity index (χ4n) is 4.08. The average Bonchev–Trinajstić information content (AvgIpc) is 3.52. The number of nitrogens with zero attached hydrogens (tertiary/aromatic N) is 6. The van der Waals surface area contributed by atoms with Gasteiger partial charge in [-0.2, -0.15) is 10.2 Å². The highest BCUT2D eigenvalue weighted by Gasteiger charge is 2.15. The number of aliphatic hydroxyl groups is 1. The van der Waals surface area contributed by atoms with Gasteiger partial charge in [0, 0.05) is 41.5 Å². The van der Waals surface area contributed by atoms with Crippen molar-refractivity contribution in [3.63, 3.8) is 0 Å². The third-order valence-electron chi connectivity index (χ3n) is 5.78. The van der Waals surface area contributed by atoms with Crippen LogP contribution in [0.5, 0.6) is 0 Å². The molecule has 0 unspecified atom stereocenters. The Morgan fingerprint density at radius 2 is 1.11 bits per heavy atom. The summed E-state index contributed by atoms with van der Waals surface area (Å²) in [5.74, 6) is 0.407. The summed E-state index contributed by atoms with van der Waals surface area (Å²) in [6, 6.07) is 19.9. The molecule has 0 fully saturated rings. The summed E-state index contributed by atoms with van der Waals surface area (Å²) in [5, 5.41) is 18.6. The maximum absolute atomic E-state index is 9.54. The normalized spacial score (nSPS) is 10.6. The van der Waals surface area contributed by atoms with E-state index in [4.69, 9.17) is 11.6 Å². The third-order valence-corrected chi connectivity index (χ3v) is 6.05. The second-order valence-electron chi connectivity index (χ2n) is 8.48. The highest BCUT2D eigenvalue weighted by molar-refractivity contribution is 6.18. The predicted molar refractivity (Wildman–Crippen MR) is 153 cm³/mol. The molecule has 4 heterocycles. The molecule has 38 heavy (non-hydrogen) atoms. The second-order valence-corrected chi connectivity index (χ2v) is 8.74. The van der Waals surface area contributed by atoms with Crippen molar-refractivity contribution in [2.45, 2.75) is 40.2 Å². The van der Waals surface area contributed by atoms with Crippen LogP contribution in [0.1, 0.15) is 36.1 Å². The number of hydrogen-bond donors (Lipinski definition) is 1. The minimum atomic E-state index is -0.0657. The first kappa shape index (κ1) is 27.0. The van der Waals surface area contributed by atoms with E-state index in [2.05, 4.69) is 20.2 Å². The van der Waals surface area contributed by atoms with Crippen LogP contribution in [0.4, 0.5) is 0 Å². The molecule has 0 atom stereocenters. The summed E-state index contributed by atoms with van der Waals surface area (Å²) in [4.78, 5) is 8.75. The molecular weight excluding hydrogens is 496 g/mol. The number of aliphatic hydroxyl groups excluding tert-OH is 1. The lowest BCUT2D eigenvalue weighted by atomic mass is 10.1. The lowest BCUT2D eigenvalue weighted by molar-refractivity contribution is 0.283. The largest absolute Gasteiger partial charge is 0.391 e. The molecule has 6 aromatic rings. The summed E-state index contributed by atoms with van der Waals surface area (Å²) >= 11 is 6.05. The van der Waals surface area contributed by atoms with Crippen molar-refractivity contribution >= 4 is 22.9 Å². The van der Waals surface area contributed by atoms with Crippen molar-refractivity contribution in [3.05, 3.63) is 108 Å². The molecule has 0 saturated carbocycles. The first-order valence-corrected chi connectivity index (χ1v) is 13.1. The molecule has 2 aromatic carbocycles. The lowest BCUT2D eigenvalue weighted by Crippen LogP contribution is -1.92. The first-order chi connectivity index (χ1) is 18.6. The molecule has 0 bridgehead atoms. The van der Waals surface area contributed by atoms with Crippen LogP contribution in [0.25, 0.3) is 33.8 Å². The molecular formula is C30H31ClN6O. The van der Waals surface area contributed by atoms with Gasteiger partial charge in [-0.05, 0) is 25.0 Å². The lowest BCUT2D eigenvalue weighted by Gasteiger charge is -1.98. The number of fused-ring (bicyclic) bond motifs is 2. The number of aromatic nitrogens is 6. The highest BCUT2D eigenvalue weighted by Crippen LogP contribution is 2.27. The Bertz CT molecular complexity index is 1500. The van der Waals surface area contributed by atoms with Crippen LogP contribution in [0.2, 0.25) is 0 Å². The van der Waals surface area contributed by atoms with Crippen LogP contribution in [-0.4, -0.2) is 34.3 Å². The van der Waals surface area contributed by atoms with E-state index in [9.17, 15) is 5.11 Å². The van der Waals surface area contributed by atoms with E-state index >= 15 is 0 Å². The molecule has 6 rings (SSSR count). The molecule has 0 aliphatic carbocycles. The number of aryl methyl sites for hydroxylation is 2. The van der Waals surface area contributed by atoms with E-state index in [0.717, 1.165) is 50.4 Å². The van der Waals surface area contributed by atoms with Crippen molar-refractivity contribution < 1.29 is 5.11 Å². The van der Waals surface area contributed by atoms with Gasteiger partial charge in [0.05, 0.1) is 23.7 Å². The fourth-order valence-corrected chi connectivity index (χ4v) is 4.32. The van der Waals surface area contributed by atoms with Gasteiger partial charge >= 0.3 is 0 Å². The van der Waals surface area contributed by atoms with Gasteiger partial charge in [0.1, 0.15) is 5.69 Å². The number of benzene rings is 2. The van der Waals surface area contributed by atoms with Gasteiger partial charge in [0.15, 0.2) is 11.3 Å². The number of rotatable bonds is 4. The summed E-state index contributed by atoms with van der Waals surface area (Å²) in [6.45, 7) is 7.90. The summed E-state index contributed by atoms with van der Waals surface area (Å²) in [5.41, 5.74) is 9.14. The molecule has 0 radical (unpaired) electrons. The van der Waals surface area contributed by atoms with E-state index in [1.165, 1.54) is 0 Å². The van der Waals surface area contributed by atoms with E-state index in [1.807, 2.05) is 107 Å². The van der Waals surface area contributed by atoms with Crippen molar-refractivity contribution in [1.29, 1.82) is 0 Å². The van der Waals surface area contributed by atoms with Crippen molar-refractivity contribution in [1.82, 2.24) is 29.2 Å². The number of halogens is 1. The van der Waals surface area contributed by atoms with Crippen LogP contribution < -0.4 is 0 Å². The van der Waals surface area contributed by atoms with Crippen LogP contribution in [0, 0.1) is 13.8 Å². The zero-order chi connectivity index (χ0) is 27.1. The smallest absolute Gasteiger partial charge is 0.161 e. The predicted octanol–water partition coefficient (Wildman–Crippen LogP) is 6.67. The standard InChI is InChI=1S/C14H12ClN3.C14H13N3O.C2H6/c1-10-8-16-14-12(7-15)13(17-18(14)9-10)11-5-3-2-4-6-11;1-10-7-15-14-12(9-18)13(16-17(14)8-10)11-5-3-2-4-6-11;1-2/h2-6,8-9H,7H2,1H3;2-8,18H,9H2,1H3;1-2H3. The van der Waals surface area contributed by atoms with Gasteiger partial charge < -0.3 is 5.11 Å². The maximum atomic E-state index is 9.54. The van der Waals surface area contributed by atoms with E-state index in [-0.39, 0.29) is 6.61 Å². The van der Waals surface area contributed by atoms with Gasteiger partial charge in [-0.15, -0.1) is 11.6 Å². The fraction of sp³-hybridized carbons (Fsp3) is 0.200. The van der Waals surface area contributed by atoms with Crippen LogP contribution in [-0.2, 0) is 12.5 Å². The average molecular weight is 527 g/mol. The van der Waals surface area contributed by atoms with Gasteiger partial charge in [-0.25, -0.2) is 19.0 Å². The summed E-state index contributed by atoms with van der Waals surface area (Å²) < 4.78 is 3.53. The Labute approximate surface area is 227 Å². The Kier molecular flexibility index (Phi) is 8.84. The molecule has 0 aliphatic rings. The van der Waals surface area contributed by atoms with Gasteiger partial charge in [-0.3, -0.25) is 0 Å². The molecule has 0 spiro atoms. The number of alkyl halides is 1. The molecule has 7 nitrogen and oxygen atoms in total. The molecule has 0 aliphatic heterocycles. The summed E-state index contributed by atoms with van der Waals surface area (Å²) in [6.07, 6.45) is 7.49. The number of hydrogen-bond acceptors (Lipinski definition) is 5. The molecule has 0 amide bonds. The van der Waals surface area contributed by atoms with Crippen LogP contribution in [0.3, 0.4) is 0 Å². The Hall–Kier alpha value is -4.07. The molecule has 1 N–H and O–H groups in total. The van der Waals surface area contributed by atoms with Gasteiger partial charge in [0.25, 0.3) is 0 Å². The summed E-state index contributed by atoms with van der Waals surface area (Å²) in [7, 11) is 0. The second kappa shape index (κ2) is 12.4. The zero-order valence-electron chi connectivity index (χ0n) is 22.0. The molecule has 4 aromatic heterocycles. The minimum Gasteiger partial charge on any atom is -0.391 e. The van der Waals surface area contributed by atoms with E-state index < -0.39 is 0 Å². The minimum absolute atomic E-state index is 0.0657. The van der Waals surface area contributed by atoms with Crippen LogP contribution in [0.15, 0.2) is 85.5 Å². The zero-order valence-corrected chi connectivity index (χ0v) is 22.8. The SMILES string of the molecule is CC.Cc1cnc2c(CCl)c(-c3ccccc3)nn2c1.Cc1cnc2c(CO)c(-c3ccccc3)nn2c1. The maximum Gasteiger partial charge on any atom is 0.161 e. The molecule has 8 heteroatoms. The monoisotopic (exact) mass is 526 g/mol. The van der Waals surface area contributed by atoms with E-state index in [0.29, 0.717) is 11.5 Å². The van der Waals surface area contributed by atoms with Gasteiger partial charge in [-0.1, -0.05) is 74.5 Å². The van der Waals surface area contributed by atoms with Gasteiger partial charge in [0.2, 0.25) is 0 Å². The molecule has 0 saturated heterocycles. The third kappa shape index (κ3) is 5.59.